The quantitative estimate of drug-likeness (QED) is 0.479. The van der Waals surface area contributed by atoms with Gasteiger partial charge in [-0.15, -0.1) is 0 Å². The maximum absolute atomic E-state index is 9.56. The zero-order valence-corrected chi connectivity index (χ0v) is 14.9. The van der Waals surface area contributed by atoms with Gasteiger partial charge in [0, 0.05) is 12.4 Å². The van der Waals surface area contributed by atoms with Gasteiger partial charge in [-0.05, 0) is 28.8 Å². The predicted molar refractivity (Wildman–Crippen MR) is 106 cm³/mol. The summed E-state index contributed by atoms with van der Waals surface area (Å²) < 4.78 is 5.44. The molecule has 5 heteroatoms. The van der Waals surface area contributed by atoms with Crippen LogP contribution in [0.2, 0.25) is 0 Å². The maximum atomic E-state index is 9.56. The summed E-state index contributed by atoms with van der Waals surface area (Å²) in [5.41, 5.74) is 3.19. The van der Waals surface area contributed by atoms with Crippen LogP contribution in [0.1, 0.15) is 34.3 Å². The van der Waals surface area contributed by atoms with Crippen LogP contribution in [0.25, 0.3) is 11.6 Å². The predicted octanol–water partition coefficient (Wildman–Crippen LogP) is 4.71. The molecule has 0 amide bonds. The van der Waals surface area contributed by atoms with E-state index in [4.69, 9.17) is 4.52 Å². The second-order valence-electron chi connectivity index (χ2n) is 6.17. The number of nitrogens with zero attached hydrogens (tertiary/aromatic N) is 4. The molecule has 0 unspecified atom stereocenters. The number of allylic oxidation sites excluding steroid dienone is 1. The van der Waals surface area contributed by atoms with Gasteiger partial charge in [0.2, 0.25) is 0 Å². The van der Waals surface area contributed by atoms with Crippen LogP contribution in [0.15, 0.2) is 89.7 Å². The summed E-state index contributed by atoms with van der Waals surface area (Å²) in [6, 6.07) is 25.8. The van der Waals surface area contributed by atoms with Crippen molar-refractivity contribution in [3.05, 3.63) is 114 Å². The molecule has 0 aliphatic heterocycles. The van der Waals surface area contributed by atoms with Crippen molar-refractivity contribution in [2.75, 3.05) is 0 Å². The average molecular weight is 364 g/mol. The smallest absolute Gasteiger partial charge is 0.268 e. The molecule has 4 rings (SSSR count). The van der Waals surface area contributed by atoms with Crippen LogP contribution in [0.3, 0.4) is 0 Å². The third-order valence-electron chi connectivity index (χ3n) is 4.31. The van der Waals surface area contributed by atoms with Crippen LogP contribution in [-0.2, 0) is 0 Å². The lowest BCUT2D eigenvalue weighted by molar-refractivity contribution is 0.401. The molecule has 28 heavy (non-hydrogen) atoms. The van der Waals surface area contributed by atoms with Crippen molar-refractivity contribution >= 4 is 11.6 Å². The van der Waals surface area contributed by atoms with Gasteiger partial charge in [0.25, 0.3) is 5.89 Å². The third kappa shape index (κ3) is 3.71. The van der Waals surface area contributed by atoms with Crippen LogP contribution in [0, 0.1) is 11.3 Å². The van der Waals surface area contributed by atoms with Crippen LogP contribution >= 0.6 is 0 Å². The van der Waals surface area contributed by atoms with E-state index in [1.54, 1.807) is 24.5 Å². The molecule has 0 spiro atoms. The summed E-state index contributed by atoms with van der Waals surface area (Å²) in [5, 5.41) is 13.7. The summed E-state index contributed by atoms with van der Waals surface area (Å²) in [6.07, 6.45) is 5.04. The van der Waals surface area contributed by atoms with Gasteiger partial charge >= 0.3 is 0 Å². The van der Waals surface area contributed by atoms with Crippen LogP contribution in [-0.4, -0.2) is 15.1 Å². The van der Waals surface area contributed by atoms with E-state index in [0.29, 0.717) is 11.4 Å². The molecule has 134 valence electrons. The summed E-state index contributed by atoms with van der Waals surface area (Å²) in [6.45, 7) is 0. The van der Waals surface area contributed by atoms with Crippen molar-refractivity contribution in [1.29, 1.82) is 5.26 Å². The molecule has 2 aromatic carbocycles. The number of rotatable bonds is 5. The Morgan fingerprint density at radius 1 is 0.929 bits per heavy atom. The minimum atomic E-state index is -0.182. The van der Waals surface area contributed by atoms with E-state index in [0.717, 1.165) is 16.7 Å². The first kappa shape index (κ1) is 17.4. The summed E-state index contributed by atoms with van der Waals surface area (Å²) in [7, 11) is 0. The first-order valence-corrected chi connectivity index (χ1v) is 8.81. The molecule has 0 aliphatic rings. The van der Waals surface area contributed by atoms with Gasteiger partial charge in [0.05, 0.1) is 5.92 Å². The Kier molecular flexibility index (Phi) is 5.03. The van der Waals surface area contributed by atoms with Crippen molar-refractivity contribution in [1.82, 2.24) is 15.1 Å². The topological polar surface area (TPSA) is 75.6 Å². The minimum absolute atomic E-state index is 0.182. The molecule has 2 aromatic heterocycles. The van der Waals surface area contributed by atoms with E-state index in [1.165, 1.54) is 0 Å². The third-order valence-corrected chi connectivity index (χ3v) is 4.31. The average Bonchev–Trinajstić information content (AvgIpc) is 3.24. The Bertz CT molecular complexity index is 1070. The Morgan fingerprint density at radius 2 is 1.61 bits per heavy atom. The molecule has 5 nitrogen and oxygen atoms in total. The van der Waals surface area contributed by atoms with Crippen molar-refractivity contribution in [2.24, 2.45) is 0 Å². The monoisotopic (exact) mass is 364 g/mol. The van der Waals surface area contributed by atoms with Gasteiger partial charge in [-0.3, -0.25) is 4.98 Å². The fourth-order valence-corrected chi connectivity index (χ4v) is 3.01. The molecular weight excluding hydrogens is 348 g/mol. The number of nitriles is 1. The van der Waals surface area contributed by atoms with Crippen LogP contribution in [0.5, 0.6) is 0 Å². The highest BCUT2D eigenvalue weighted by Gasteiger charge is 2.23. The van der Waals surface area contributed by atoms with E-state index in [-0.39, 0.29) is 11.8 Å². The summed E-state index contributed by atoms with van der Waals surface area (Å²) in [5.74, 6) is 0.524. The summed E-state index contributed by atoms with van der Waals surface area (Å²) >= 11 is 0. The largest absolute Gasteiger partial charge is 0.333 e. The van der Waals surface area contributed by atoms with E-state index in [2.05, 4.69) is 21.2 Å². The summed E-state index contributed by atoms with van der Waals surface area (Å²) in [4.78, 5) is 8.60. The highest BCUT2D eigenvalue weighted by Crippen LogP contribution is 2.30. The van der Waals surface area contributed by atoms with E-state index >= 15 is 0 Å². The van der Waals surface area contributed by atoms with Gasteiger partial charge in [-0.1, -0.05) is 71.9 Å². The molecule has 0 saturated carbocycles. The minimum Gasteiger partial charge on any atom is -0.333 e. The molecule has 0 saturated heterocycles. The molecule has 0 bridgehead atoms. The molecule has 0 N–H and O–H groups in total. The Hall–Kier alpha value is -4.04. The molecule has 4 aromatic rings. The van der Waals surface area contributed by atoms with Gasteiger partial charge in [-0.25, -0.2) is 0 Å². The second kappa shape index (κ2) is 8.11. The lowest BCUT2D eigenvalue weighted by Gasteiger charge is -2.13. The molecular formula is C23H16N4O. The van der Waals surface area contributed by atoms with Crippen molar-refractivity contribution in [2.45, 2.75) is 5.92 Å². The normalized spacial score (nSPS) is 11.4. The van der Waals surface area contributed by atoms with Crippen molar-refractivity contribution in [3.63, 3.8) is 0 Å². The number of hydrogen-bond donors (Lipinski definition) is 0. The number of pyridine rings is 1. The second-order valence-corrected chi connectivity index (χ2v) is 6.17. The van der Waals surface area contributed by atoms with Gasteiger partial charge < -0.3 is 4.52 Å². The van der Waals surface area contributed by atoms with Gasteiger partial charge in [0.1, 0.15) is 11.6 Å². The molecule has 0 atom stereocenters. The fourth-order valence-electron chi connectivity index (χ4n) is 3.01. The van der Waals surface area contributed by atoms with E-state index < -0.39 is 0 Å². The SMILES string of the molecule is N#C/C(=C/c1cccnc1)c1nc(C(c2ccccc2)c2ccccc2)no1. The fraction of sp³-hybridized carbons (Fsp3) is 0.0435. The molecule has 0 aliphatic carbocycles. The highest BCUT2D eigenvalue weighted by molar-refractivity contribution is 5.86. The van der Waals surface area contributed by atoms with Crippen molar-refractivity contribution < 1.29 is 4.52 Å². The number of aromatic nitrogens is 3. The zero-order valence-electron chi connectivity index (χ0n) is 14.9. The Morgan fingerprint density at radius 3 is 2.18 bits per heavy atom. The van der Waals surface area contributed by atoms with E-state index in [9.17, 15) is 5.26 Å². The van der Waals surface area contributed by atoms with Gasteiger partial charge in [0.15, 0.2) is 5.82 Å². The standard InChI is InChI=1S/C23H16N4O/c24-15-20(14-17-8-7-13-25-16-17)23-26-22(27-28-23)21(18-9-3-1-4-10-18)19-11-5-2-6-12-19/h1-14,16,21H/b20-14-. The number of benzene rings is 2. The number of hydrogen-bond acceptors (Lipinski definition) is 5. The highest BCUT2D eigenvalue weighted by atomic mass is 16.5. The molecule has 0 fully saturated rings. The lowest BCUT2D eigenvalue weighted by atomic mass is 9.91. The zero-order chi connectivity index (χ0) is 19.2. The van der Waals surface area contributed by atoms with Crippen LogP contribution < -0.4 is 0 Å². The molecule has 2 heterocycles. The first-order chi connectivity index (χ1) is 13.8. The van der Waals surface area contributed by atoms with Crippen molar-refractivity contribution in [3.8, 4) is 6.07 Å². The Balaban J connectivity index is 1.75. The molecule has 0 radical (unpaired) electrons. The maximum Gasteiger partial charge on any atom is 0.268 e. The Labute approximate surface area is 162 Å². The lowest BCUT2D eigenvalue weighted by Crippen LogP contribution is -2.05. The van der Waals surface area contributed by atoms with E-state index in [1.807, 2.05) is 66.7 Å². The van der Waals surface area contributed by atoms with Gasteiger partial charge in [-0.2, -0.15) is 10.2 Å². The van der Waals surface area contributed by atoms with Crippen LogP contribution in [0.4, 0.5) is 0 Å². The first-order valence-electron chi connectivity index (χ1n) is 8.81.